The van der Waals surface area contributed by atoms with E-state index in [0.717, 1.165) is 4.43 Å². The van der Waals surface area contributed by atoms with Crippen molar-refractivity contribution in [3.63, 3.8) is 0 Å². The maximum absolute atomic E-state index is 12.2. The van der Waals surface area contributed by atoms with Crippen LogP contribution in [0.5, 0.6) is 0 Å². The lowest BCUT2D eigenvalue weighted by atomic mass is 9.35. The van der Waals surface area contributed by atoms with Gasteiger partial charge in [-0.1, -0.05) is 22.6 Å². The molecule has 0 amide bonds. The van der Waals surface area contributed by atoms with E-state index in [1.165, 1.54) is 0 Å². The van der Waals surface area contributed by atoms with Crippen LogP contribution in [0.25, 0.3) is 0 Å². The fraction of sp³-hybridized carbons (Fsp3) is 1.00. The molecule has 3 aliphatic carbocycles. The maximum Gasteiger partial charge on any atom is 0.394 e. The molecular formula is C7H8F3I. The zero-order valence-corrected chi connectivity index (χ0v) is 8.00. The van der Waals surface area contributed by atoms with Crippen LogP contribution in [0.2, 0.25) is 0 Å². The largest absolute Gasteiger partial charge is 0.394 e. The first-order chi connectivity index (χ1) is 4.93. The molecule has 2 bridgehead atoms. The Balaban J connectivity index is 2.04. The molecule has 4 heteroatoms. The third kappa shape index (κ3) is 0.820. The van der Waals surface area contributed by atoms with Crippen molar-refractivity contribution < 1.29 is 13.2 Å². The lowest BCUT2D eigenvalue weighted by Gasteiger charge is -2.70. The predicted molar refractivity (Wildman–Crippen MR) is 43.7 cm³/mol. The van der Waals surface area contributed by atoms with Gasteiger partial charge in [0, 0.05) is 4.43 Å². The van der Waals surface area contributed by atoms with E-state index >= 15 is 0 Å². The predicted octanol–water partition coefficient (Wildman–Crippen LogP) is 3.15. The van der Waals surface area contributed by atoms with Gasteiger partial charge in [-0.25, -0.2) is 0 Å². The second-order valence-electron chi connectivity index (χ2n) is 3.94. The van der Waals surface area contributed by atoms with Gasteiger partial charge in [-0.05, 0) is 24.7 Å². The molecule has 0 unspecified atom stereocenters. The fourth-order valence-corrected chi connectivity index (χ4v) is 3.25. The summed E-state index contributed by atoms with van der Waals surface area (Å²) in [6, 6.07) is 0. The van der Waals surface area contributed by atoms with E-state index in [9.17, 15) is 13.2 Å². The molecule has 0 aromatic heterocycles. The Morgan fingerprint density at radius 2 is 1.64 bits per heavy atom. The number of hydrogen-bond donors (Lipinski definition) is 0. The molecule has 0 atom stereocenters. The molecule has 0 aromatic rings. The maximum atomic E-state index is 12.2. The van der Waals surface area contributed by atoms with E-state index in [1.54, 1.807) is 0 Å². The molecule has 0 heterocycles. The van der Waals surface area contributed by atoms with Crippen LogP contribution < -0.4 is 0 Å². The summed E-state index contributed by atoms with van der Waals surface area (Å²) in [7, 11) is 0. The van der Waals surface area contributed by atoms with Crippen molar-refractivity contribution in [2.45, 2.75) is 25.4 Å². The Kier molecular flexibility index (Phi) is 1.39. The highest BCUT2D eigenvalue weighted by Gasteiger charge is 2.77. The Bertz CT molecular complexity index is 177. The zero-order valence-electron chi connectivity index (χ0n) is 5.84. The number of rotatable bonds is 1. The summed E-state index contributed by atoms with van der Waals surface area (Å²) >= 11 is 2.19. The minimum atomic E-state index is -3.93. The molecule has 3 aliphatic rings. The lowest BCUT2D eigenvalue weighted by Crippen LogP contribution is -2.68. The average Bonchev–Trinajstić information content (AvgIpc) is 1.53. The molecule has 0 nitrogen and oxygen atoms in total. The van der Waals surface area contributed by atoms with E-state index in [1.807, 2.05) is 0 Å². The van der Waals surface area contributed by atoms with E-state index in [0.29, 0.717) is 19.3 Å². The van der Waals surface area contributed by atoms with Crippen LogP contribution in [0.1, 0.15) is 19.3 Å². The second kappa shape index (κ2) is 1.88. The van der Waals surface area contributed by atoms with Gasteiger partial charge in [0.25, 0.3) is 0 Å². The third-order valence-corrected chi connectivity index (χ3v) is 4.64. The van der Waals surface area contributed by atoms with Gasteiger partial charge in [0.2, 0.25) is 0 Å². The first-order valence-electron chi connectivity index (χ1n) is 3.56. The number of hydrogen-bond acceptors (Lipinski definition) is 0. The molecule has 0 radical (unpaired) electrons. The van der Waals surface area contributed by atoms with Gasteiger partial charge in [-0.15, -0.1) is 0 Å². The van der Waals surface area contributed by atoms with Gasteiger partial charge in [0.15, 0.2) is 0 Å². The minimum absolute atomic E-state index is 0.0933. The summed E-state index contributed by atoms with van der Waals surface area (Å²) in [5.41, 5.74) is -1.14. The van der Waals surface area contributed by atoms with Crippen LogP contribution in [0, 0.1) is 10.8 Å². The van der Waals surface area contributed by atoms with Crippen molar-refractivity contribution in [2.24, 2.45) is 10.8 Å². The van der Waals surface area contributed by atoms with E-state index in [2.05, 4.69) is 22.6 Å². The Labute approximate surface area is 76.7 Å². The van der Waals surface area contributed by atoms with Crippen LogP contribution in [0.3, 0.4) is 0 Å². The summed E-state index contributed by atoms with van der Waals surface area (Å²) in [5.74, 6) is 0. The summed E-state index contributed by atoms with van der Waals surface area (Å²) in [5, 5.41) is 0. The fourth-order valence-electron chi connectivity index (χ4n) is 2.44. The van der Waals surface area contributed by atoms with Crippen molar-refractivity contribution in [2.75, 3.05) is 4.43 Å². The van der Waals surface area contributed by atoms with Crippen LogP contribution in [0.15, 0.2) is 0 Å². The first kappa shape index (κ1) is 8.13. The van der Waals surface area contributed by atoms with E-state index in [4.69, 9.17) is 0 Å². The zero-order chi connectivity index (χ0) is 8.33. The van der Waals surface area contributed by atoms with Gasteiger partial charge in [-0.3, -0.25) is 0 Å². The summed E-state index contributed by atoms with van der Waals surface area (Å²) in [4.78, 5) is 0. The highest BCUT2D eigenvalue weighted by molar-refractivity contribution is 14.1. The molecule has 3 saturated carbocycles. The topological polar surface area (TPSA) is 0 Å². The molecule has 3 fully saturated rings. The number of alkyl halides is 4. The molecule has 0 spiro atoms. The van der Waals surface area contributed by atoms with Gasteiger partial charge in [-0.2, -0.15) is 13.2 Å². The van der Waals surface area contributed by atoms with Crippen molar-refractivity contribution in [3.8, 4) is 0 Å². The molecule has 0 saturated heterocycles. The normalized spacial score (nSPS) is 48.0. The molecule has 0 aromatic carbocycles. The van der Waals surface area contributed by atoms with Crippen LogP contribution in [-0.4, -0.2) is 10.6 Å². The quantitative estimate of drug-likeness (QED) is 0.510. The smallest absolute Gasteiger partial charge is 0.171 e. The van der Waals surface area contributed by atoms with Gasteiger partial charge in [0.1, 0.15) is 0 Å². The summed E-state index contributed by atoms with van der Waals surface area (Å²) < 4.78 is 37.6. The van der Waals surface area contributed by atoms with Crippen LogP contribution in [-0.2, 0) is 0 Å². The Morgan fingerprint density at radius 3 is 1.91 bits per heavy atom. The van der Waals surface area contributed by atoms with Gasteiger partial charge >= 0.3 is 6.18 Å². The molecule has 0 N–H and O–H groups in total. The standard InChI is InChI=1S/C7H8F3I/c8-7(9,10)6-1-5(2-6,3-6)4-11/h1-4H2. The number of halogens is 4. The van der Waals surface area contributed by atoms with Crippen molar-refractivity contribution in [1.29, 1.82) is 0 Å². The van der Waals surface area contributed by atoms with E-state index in [-0.39, 0.29) is 5.41 Å². The summed E-state index contributed by atoms with van der Waals surface area (Å²) in [6.45, 7) is 0. The van der Waals surface area contributed by atoms with Gasteiger partial charge < -0.3 is 0 Å². The van der Waals surface area contributed by atoms with Crippen LogP contribution >= 0.6 is 22.6 Å². The molecule has 64 valence electrons. The third-order valence-electron chi connectivity index (χ3n) is 3.02. The second-order valence-corrected chi connectivity index (χ2v) is 4.70. The highest BCUT2D eigenvalue weighted by Crippen LogP contribution is 2.78. The lowest BCUT2D eigenvalue weighted by molar-refractivity contribution is -0.355. The van der Waals surface area contributed by atoms with Crippen molar-refractivity contribution in [1.82, 2.24) is 0 Å². The van der Waals surface area contributed by atoms with Crippen LogP contribution in [0.4, 0.5) is 13.2 Å². The molecule has 11 heavy (non-hydrogen) atoms. The van der Waals surface area contributed by atoms with Gasteiger partial charge in [0.05, 0.1) is 5.41 Å². The molecule has 0 aliphatic heterocycles. The first-order valence-corrected chi connectivity index (χ1v) is 5.08. The van der Waals surface area contributed by atoms with Crippen molar-refractivity contribution >= 4 is 22.6 Å². The molecular weight excluding hydrogens is 268 g/mol. The Hall–Kier alpha value is 0.520. The SMILES string of the molecule is FC(F)(F)C12CC(CI)(C1)C2. The van der Waals surface area contributed by atoms with E-state index < -0.39 is 11.6 Å². The van der Waals surface area contributed by atoms with Crippen molar-refractivity contribution in [3.05, 3.63) is 0 Å². The molecule has 3 rings (SSSR count). The Morgan fingerprint density at radius 1 is 1.18 bits per heavy atom. The summed E-state index contributed by atoms with van der Waals surface area (Å²) in [6.07, 6.45) is -2.74. The highest BCUT2D eigenvalue weighted by atomic mass is 127. The average molecular weight is 276 g/mol. The minimum Gasteiger partial charge on any atom is -0.171 e. The monoisotopic (exact) mass is 276 g/mol.